The summed E-state index contributed by atoms with van der Waals surface area (Å²) in [6.45, 7) is 6.25. The van der Waals surface area contributed by atoms with Crippen LogP contribution in [0.25, 0.3) is 5.78 Å². The second kappa shape index (κ2) is 7.75. The lowest BCUT2D eigenvalue weighted by Crippen LogP contribution is -2.49. The highest BCUT2D eigenvalue weighted by atomic mass is 32.2. The van der Waals surface area contributed by atoms with Crippen LogP contribution < -0.4 is 4.90 Å². The summed E-state index contributed by atoms with van der Waals surface area (Å²) in [5.41, 5.74) is 2.44. The summed E-state index contributed by atoms with van der Waals surface area (Å²) in [6, 6.07) is 8.68. The summed E-state index contributed by atoms with van der Waals surface area (Å²) in [5.74, 6) is 0.632. The number of carbonyl (C=O) groups excluding carboxylic acids is 1. The lowest BCUT2D eigenvalue weighted by molar-refractivity contribution is -0.128. The molecular weight excluding hydrogens is 379 g/mol. The molecule has 1 aromatic carbocycles. The number of amides is 1. The van der Waals surface area contributed by atoms with Gasteiger partial charge in [-0.3, -0.25) is 4.79 Å². The molecule has 1 fully saturated rings. The van der Waals surface area contributed by atoms with Crippen molar-refractivity contribution in [2.75, 3.05) is 36.8 Å². The number of aryl methyl sites for hydroxylation is 2. The van der Waals surface area contributed by atoms with Crippen LogP contribution in [0.4, 0.5) is 10.1 Å². The molecule has 7 nitrogen and oxygen atoms in total. The number of thioether (sulfide) groups is 1. The smallest absolute Gasteiger partial charge is 0.253 e. The monoisotopic (exact) mass is 400 g/mol. The fraction of sp³-hybridized carbons (Fsp3) is 0.368. The Balaban J connectivity index is 1.34. The van der Waals surface area contributed by atoms with Crippen molar-refractivity contribution < 1.29 is 9.18 Å². The first-order valence-corrected chi connectivity index (χ1v) is 10.1. The van der Waals surface area contributed by atoms with Gasteiger partial charge in [0.25, 0.3) is 5.78 Å². The maximum atomic E-state index is 13.9. The summed E-state index contributed by atoms with van der Waals surface area (Å²) in [5, 5.41) is 4.96. The van der Waals surface area contributed by atoms with Crippen molar-refractivity contribution in [3.8, 4) is 0 Å². The van der Waals surface area contributed by atoms with Crippen LogP contribution in [0.5, 0.6) is 0 Å². The van der Waals surface area contributed by atoms with Gasteiger partial charge in [-0.25, -0.2) is 13.9 Å². The van der Waals surface area contributed by atoms with Gasteiger partial charge < -0.3 is 9.80 Å². The first-order chi connectivity index (χ1) is 13.5. The zero-order valence-electron chi connectivity index (χ0n) is 15.8. The van der Waals surface area contributed by atoms with Gasteiger partial charge in [-0.1, -0.05) is 23.9 Å². The van der Waals surface area contributed by atoms with E-state index in [1.54, 1.807) is 16.6 Å². The summed E-state index contributed by atoms with van der Waals surface area (Å²) in [6.07, 6.45) is 0. The van der Waals surface area contributed by atoms with E-state index < -0.39 is 0 Å². The van der Waals surface area contributed by atoms with Crippen LogP contribution in [0, 0.1) is 19.7 Å². The molecule has 0 bridgehead atoms. The highest BCUT2D eigenvalue weighted by Crippen LogP contribution is 2.21. The molecule has 0 unspecified atom stereocenters. The SMILES string of the molecule is Cc1cc(C)n2nc(SCC(=O)N3CCN(c4ccccc4F)CC3)nc2n1. The van der Waals surface area contributed by atoms with Crippen molar-refractivity contribution in [3.05, 3.63) is 47.5 Å². The molecule has 4 rings (SSSR count). The molecule has 146 valence electrons. The molecule has 1 aliphatic heterocycles. The van der Waals surface area contributed by atoms with E-state index in [-0.39, 0.29) is 17.5 Å². The second-order valence-corrected chi connectivity index (χ2v) is 7.70. The maximum Gasteiger partial charge on any atom is 0.253 e. The van der Waals surface area contributed by atoms with Crippen LogP contribution in [0.2, 0.25) is 0 Å². The minimum atomic E-state index is -0.227. The van der Waals surface area contributed by atoms with Gasteiger partial charge in [0.05, 0.1) is 11.4 Å². The third kappa shape index (κ3) is 3.80. The number of para-hydroxylation sites is 1. The number of nitrogens with zero attached hydrogens (tertiary/aromatic N) is 6. The summed E-state index contributed by atoms with van der Waals surface area (Å²) >= 11 is 1.31. The third-order valence-corrected chi connectivity index (χ3v) is 5.57. The maximum absolute atomic E-state index is 13.9. The number of hydrogen-bond acceptors (Lipinski definition) is 6. The molecule has 0 N–H and O–H groups in total. The van der Waals surface area contributed by atoms with Crippen molar-refractivity contribution in [3.63, 3.8) is 0 Å². The van der Waals surface area contributed by atoms with Crippen LogP contribution in [0.15, 0.2) is 35.5 Å². The molecule has 3 aromatic rings. The van der Waals surface area contributed by atoms with Gasteiger partial charge in [0.15, 0.2) is 0 Å². The van der Waals surface area contributed by atoms with Crippen molar-refractivity contribution in [2.45, 2.75) is 19.0 Å². The molecular formula is C19H21FN6OS. The van der Waals surface area contributed by atoms with E-state index in [0.29, 0.717) is 42.8 Å². The van der Waals surface area contributed by atoms with E-state index in [9.17, 15) is 9.18 Å². The standard InChI is InChI=1S/C19H21FN6OS/c1-13-11-14(2)26-18(21-13)22-19(23-26)28-12-17(27)25-9-7-24(8-10-25)16-6-4-3-5-15(16)20/h3-6,11H,7-10,12H2,1-2H3. The molecule has 1 aliphatic rings. The minimum Gasteiger partial charge on any atom is -0.366 e. The highest BCUT2D eigenvalue weighted by Gasteiger charge is 2.23. The fourth-order valence-corrected chi connectivity index (χ4v) is 4.05. The molecule has 0 radical (unpaired) electrons. The predicted molar refractivity (Wildman–Crippen MR) is 106 cm³/mol. The molecule has 2 aromatic heterocycles. The molecule has 1 amide bonds. The van der Waals surface area contributed by atoms with Crippen molar-refractivity contribution in [2.24, 2.45) is 0 Å². The topological polar surface area (TPSA) is 66.6 Å². The Morgan fingerprint density at radius 3 is 2.64 bits per heavy atom. The Kier molecular flexibility index (Phi) is 5.17. The summed E-state index contributed by atoms with van der Waals surface area (Å²) in [4.78, 5) is 25.1. The van der Waals surface area contributed by atoms with Crippen LogP contribution in [-0.2, 0) is 4.79 Å². The number of aromatic nitrogens is 4. The molecule has 0 spiro atoms. The first-order valence-electron chi connectivity index (χ1n) is 9.12. The average Bonchev–Trinajstić information content (AvgIpc) is 3.10. The van der Waals surface area contributed by atoms with Crippen LogP contribution in [0.1, 0.15) is 11.4 Å². The van der Waals surface area contributed by atoms with Gasteiger partial charge in [-0.2, -0.15) is 4.98 Å². The second-order valence-electron chi connectivity index (χ2n) is 6.75. The molecule has 1 saturated heterocycles. The van der Waals surface area contributed by atoms with Crippen LogP contribution >= 0.6 is 11.8 Å². The summed E-state index contributed by atoms with van der Waals surface area (Å²) < 4.78 is 15.6. The molecule has 0 saturated carbocycles. The Morgan fingerprint density at radius 2 is 1.89 bits per heavy atom. The quantitative estimate of drug-likeness (QED) is 0.626. The zero-order chi connectivity index (χ0) is 19.7. The van der Waals surface area contributed by atoms with Gasteiger partial charge in [-0.05, 0) is 32.0 Å². The lowest BCUT2D eigenvalue weighted by atomic mass is 10.2. The Labute approximate surface area is 166 Å². The van der Waals surface area contributed by atoms with E-state index in [0.717, 1.165) is 11.4 Å². The van der Waals surface area contributed by atoms with Gasteiger partial charge in [0.2, 0.25) is 11.1 Å². The van der Waals surface area contributed by atoms with Crippen molar-refractivity contribution in [1.82, 2.24) is 24.5 Å². The zero-order valence-corrected chi connectivity index (χ0v) is 16.6. The predicted octanol–water partition coefficient (Wildman–Crippen LogP) is 2.32. The highest BCUT2D eigenvalue weighted by molar-refractivity contribution is 7.99. The third-order valence-electron chi connectivity index (χ3n) is 4.75. The number of benzene rings is 1. The summed E-state index contributed by atoms with van der Waals surface area (Å²) in [7, 11) is 0. The first kappa shape index (κ1) is 18.7. The number of carbonyl (C=O) groups is 1. The lowest BCUT2D eigenvalue weighted by Gasteiger charge is -2.36. The number of halogens is 1. The number of piperazine rings is 1. The molecule has 28 heavy (non-hydrogen) atoms. The Morgan fingerprint density at radius 1 is 1.14 bits per heavy atom. The van der Waals surface area contributed by atoms with Crippen LogP contribution in [-0.4, -0.2) is 62.3 Å². The largest absolute Gasteiger partial charge is 0.366 e. The van der Waals surface area contributed by atoms with E-state index >= 15 is 0 Å². The fourth-order valence-electron chi connectivity index (χ4n) is 3.33. The Hall–Kier alpha value is -2.68. The average molecular weight is 400 g/mol. The van der Waals surface area contributed by atoms with Gasteiger partial charge in [0.1, 0.15) is 5.82 Å². The minimum absolute atomic E-state index is 0.0397. The van der Waals surface area contributed by atoms with E-state index in [1.165, 1.54) is 17.8 Å². The Bertz CT molecular complexity index is 1010. The van der Waals surface area contributed by atoms with Gasteiger partial charge in [-0.15, -0.1) is 5.10 Å². The number of rotatable bonds is 4. The van der Waals surface area contributed by atoms with Crippen molar-refractivity contribution >= 4 is 29.1 Å². The van der Waals surface area contributed by atoms with Gasteiger partial charge in [0, 0.05) is 37.6 Å². The van der Waals surface area contributed by atoms with Gasteiger partial charge >= 0.3 is 0 Å². The van der Waals surface area contributed by atoms with Crippen molar-refractivity contribution in [1.29, 1.82) is 0 Å². The number of fused-ring (bicyclic) bond motifs is 1. The van der Waals surface area contributed by atoms with E-state index in [4.69, 9.17) is 0 Å². The number of anilines is 1. The normalized spacial score (nSPS) is 14.7. The molecule has 3 heterocycles. The molecule has 9 heteroatoms. The molecule has 0 atom stereocenters. The van der Waals surface area contributed by atoms with E-state index in [2.05, 4.69) is 15.1 Å². The molecule has 0 aliphatic carbocycles. The van der Waals surface area contributed by atoms with Crippen LogP contribution in [0.3, 0.4) is 0 Å². The number of hydrogen-bond donors (Lipinski definition) is 0. The van der Waals surface area contributed by atoms with E-state index in [1.807, 2.05) is 35.8 Å².